The SMILES string of the molecule is CC1CCC(C(C)C)C(OCC(=O)N2CCOC(C(=O)O)C2)C1. The van der Waals surface area contributed by atoms with E-state index in [9.17, 15) is 9.59 Å². The first kappa shape index (κ1) is 18.2. The number of ether oxygens (including phenoxy) is 2. The van der Waals surface area contributed by atoms with Crippen LogP contribution in [0.15, 0.2) is 0 Å². The molecule has 1 heterocycles. The van der Waals surface area contributed by atoms with E-state index in [0.29, 0.717) is 24.3 Å². The predicted octanol–water partition coefficient (Wildman–Crippen LogP) is 1.78. The topological polar surface area (TPSA) is 76.1 Å². The van der Waals surface area contributed by atoms with Gasteiger partial charge in [0.2, 0.25) is 5.91 Å². The molecule has 0 aromatic heterocycles. The molecule has 6 heteroatoms. The molecular formula is C17H29NO5. The van der Waals surface area contributed by atoms with Crippen LogP contribution < -0.4 is 0 Å². The Balaban J connectivity index is 1.86. The summed E-state index contributed by atoms with van der Waals surface area (Å²) < 4.78 is 11.1. The number of nitrogens with zero attached hydrogens (tertiary/aromatic N) is 1. The molecular weight excluding hydrogens is 298 g/mol. The lowest BCUT2D eigenvalue weighted by Gasteiger charge is -2.37. The summed E-state index contributed by atoms with van der Waals surface area (Å²) in [6.07, 6.45) is 2.57. The van der Waals surface area contributed by atoms with Gasteiger partial charge in [-0.3, -0.25) is 4.79 Å². The lowest BCUT2D eigenvalue weighted by Crippen LogP contribution is -2.50. The van der Waals surface area contributed by atoms with Gasteiger partial charge in [-0.05, 0) is 30.6 Å². The van der Waals surface area contributed by atoms with Gasteiger partial charge in [-0.25, -0.2) is 4.79 Å². The maximum Gasteiger partial charge on any atom is 0.334 e. The fourth-order valence-corrected chi connectivity index (χ4v) is 3.60. The Kier molecular flexibility index (Phi) is 6.41. The molecule has 1 saturated carbocycles. The summed E-state index contributed by atoms with van der Waals surface area (Å²) in [5.41, 5.74) is 0. The van der Waals surface area contributed by atoms with Crippen LogP contribution in [0.3, 0.4) is 0 Å². The van der Waals surface area contributed by atoms with Gasteiger partial charge in [0.25, 0.3) is 0 Å². The van der Waals surface area contributed by atoms with Gasteiger partial charge in [0, 0.05) is 6.54 Å². The third kappa shape index (κ3) is 4.91. The summed E-state index contributed by atoms with van der Waals surface area (Å²) in [6.45, 7) is 7.47. The molecule has 2 rings (SSSR count). The van der Waals surface area contributed by atoms with E-state index in [2.05, 4.69) is 20.8 Å². The number of amides is 1. The van der Waals surface area contributed by atoms with Crippen molar-refractivity contribution in [1.29, 1.82) is 0 Å². The Morgan fingerprint density at radius 3 is 2.74 bits per heavy atom. The maximum absolute atomic E-state index is 12.3. The number of carbonyl (C=O) groups excluding carboxylic acids is 1. The molecule has 0 aromatic carbocycles. The second kappa shape index (κ2) is 8.11. The summed E-state index contributed by atoms with van der Waals surface area (Å²) in [7, 11) is 0. The van der Waals surface area contributed by atoms with Gasteiger partial charge in [-0.2, -0.15) is 0 Å². The van der Waals surface area contributed by atoms with Crippen molar-refractivity contribution in [3.8, 4) is 0 Å². The van der Waals surface area contributed by atoms with Gasteiger partial charge in [0.1, 0.15) is 6.61 Å². The smallest absolute Gasteiger partial charge is 0.334 e. The zero-order valence-electron chi connectivity index (χ0n) is 14.4. The molecule has 1 N–H and O–H groups in total. The first-order valence-corrected chi connectivity index (χ1v) is 8.62. The van der Waals surface area contributed by atoms with Gasteiger partial charge in [0.05, 0.1) is 19.3 Å². The van der Waals surface area contributed by atoms with Gasteiger partial charge < -0.3 is 19.5 Å². The Hall–Kier alpha value is -1.14. The molecule has 0 aromatic rings. The van der Waals surface area contributed by atoms with Crippen LogP contribution in [0.4, 0.5) is 0 Å². The molecule has 2 fully saturated rings. The van der Waals surface area contributed by atoms with Crippen LogP contribution in [0.5, 0.6) is 0 Å². The number of carboxylic acid groups (broad SMARTS) is 1. The number of carboxylic acids is 1. The number of rotatable bonds is 5. The molecule has 2 aliphatic rings. The largest absolute Gasteiger partial charge is 0.479 e. The van der Waals surface area contributed by atoms with Crippen molar-refractivity contribution in [2.45, 2.75) is 52.2 Å². The lowest BCUT2D eigenvalue weighted by molar-refractivity contribution is -0.162. The molecule has 6 nitrogen and oxygen atoms in total. The van der Waals surface area contributed by atoms with E-state index >= 15 is 0 Å². The second-order valence-electron chi connectivity index (χ2n) is 7.21. The Morgan fingerprint density at radius 1 is 1.35 bits per heavy atom. The van der Waals surface area contributed by atoms with Crippen LogP contribution in [0.25, 0.3) is 0 Å². The normalized spacial score (nSPS) is 32.1. The summed E-state index contributed by atoms with van der Waals surface area (Å²) in [5.74, 6) is 0.507. The molecule has 0 spiro atoms. The van der Waals surface area contributed by atoms with Crippen LogP contribution >= 0.6 is 0 Å². The Labute approximate surface area is 138 Å². The van der Waals surface area contributed by atoms with Crippen molar-refractivity contribution < 1.29 is 24.2 Å². The van der Waals surface area contributed by atoms with Gasteiger partial charge in [-0.1, -0.05) is 27.2 Å². The molecule has 4 atom stereocenters. The number of hydrogen-bond acceptors (Lipinski definition) is 4. The van der Waals surface area contributed by atoms with Crippen LogP contribution in [-0.2, 0) is 19.1 Å². The average Bonchev–Trinajstić information content (AvgIpc) is 2.52. The van der Waals surface area contributed by atoms with Gasteiger partial charge in [0.15, 0.2) is 6.10 Å². The first-order chi connectivity index (χ1) is 10.9. The zero-order valence-corrected chi connectivity index (χ0v) is 14.4. The first-order valence-electron chi connectivity index (χ1n) is 8.62. The van der Waals surface area contributed by atoms with Crippen molar-refractivity contribution in [2.75, 3.05) is 26.3 Å². The highest BCUT2D eigenvalue weighted by Gasteiger charge is 2.33. The summed E-state index contributed by atoms with van der Waals surface area (Å²) >= 11 is 0. The van der Waals surface area contributed by atoms with Crippen molar-refractivity contribution in [3.63, 3.8) is 0 Å². The van der Waals surface area contributed by atoms with Crippen molar-refractivity contribution in [2.24, 2.45) is 17.8 Å². The predicted molar refractivity (Wildman–Crippen MR) is 85.0 cm³/mol. The number of hydrogen-bond donors (Lipinski definition) is 1. The minimum atomic E-state index is -1.02. The standard InChI is InChI=1S/C17H29NO5/c1-11(2)13-5-4-12(3)8-14(13)23-10-16(19)18-6-7-22-15(9-18)17(20)21/h11-15H,4-10H2,1-3H3,(H,20,21). The molecule has 0 bridgehead atoms. The molecule has 1 aliphatic heterocycles. The van der Waals surface area contributed by atoms with Crippen molar-refractivity contribution in [1.82, 2.24) is 4.90 Å². The number of morpholine rings is 1. The Bertz CT molecular complexity index is 425. The summed E-state index contributed by atoms with van der Waals surface area (Å²) in [4.78, 5) is 24.8. The zero-order chi connectivity index (χ0) is 17.0. The number of aliphatic carboxylic acids is 1. The fraction of sp³-hybridized carbons (Fsp3) is 0.882. The highest BCUT2D eigenvalue weighted by molar-refractivity contribution is 5.79. The molecule has 132 valence electrons. The van der Waals surface area contributed by atoms with Gasteiger partial charge >= 0.3 is 5.97 Å². The van der Waals surface area contributed by atoms with Gasteiger partial charge in [-0.15, -0.1) is 0 Å². The third-order valence-electron chi connectivity index (χ3n) is 5.08. The highest BCUT2D eigenvalue weighted by atomic mass is 16.5. The van der Waals surface area contributed by atoms with E-state index in [1.807, 2.05) is 0 Å². The van der Waals surface area contributed by atoms with Crippen LogP contribution in [0, 0.1) is 17.8 Å². The Morgan fingerprint density at radius 2 is 2.09 bits per heavy atom. The highest BCUT2D eigenvalue weighted by Crippen LogP contribution is 2.35. The second-order valence-corrected chi connectivity index (χ2v) is 7.21. The third-order valence-corrected chi connectivity index (χ3v) is 5.08. The van der Waals surface area contributed by atoms with E-state index in [1.54, 1.807) is 4.90 Å². The van der Waals surface area contributed by atoms with Crippen LogP contribution in [-0.4, -0.2) is 60.4 Å². The average molecular weight is 327 g/mol. The molecule has 0 radical (unpaired) electrons. The van der Waals surface area contributed by atoms with E-state index in [-0.39, 0.29) is 31.8 Å². The maximum atomic E-state index is 12.3. The lowest BCUT2D eigenvalue weighted by atomic mass is 9.75. The van der Waals surface area contributed by atoms with Crippen LogP contribution in [0.1, 0.15) is 40.0 Å². The molecule has 1 saturated heterocycles. The monoisotopic (exact) mass is 327 g/mol. The molecule has 1 amide bonds. The van der Waals surface area contributed by atoms with Crippen molar-refractivity contribution in [3.05, 3.63) is 0 Å². The van der Waals surface area contributed by atoms with E-state index in [1.165, 1.54) is 6.42 Å². The minimum absolute atomic E-state index is 0.0347. The van der Waals surface area contributed by atoms with Crippen molar-refractivity contribution >= 4 is 11.9 Å². The molecule has 4 unspecified atom stereocenters. The quantitative estimate of drug-likeness (QED) is 0.833. The summed E-state index contributed by atoms with van der Waals surface area (Å²) in [6, 6.07) is 0. The van der Waals surface area contributed by atoms with E-state index in [4.69, 9.17) is 14.6 Å². The van der Waals surface area contributed by atoms with E-state index < -0.39 is 12.1 Å². The summed E-state index contributed by atoms with van der Waals surface area (Å²) in [5, 5.41) is 9.00. The fourth-order valence-electron chi connectivity index (χ4n) is 3.60. The van der Waals surface area contributed by atoms with Crippen LogP contribution in [0.2, 0.25) is 0 Å². The minimum Gasteiger partial charge on any atom is -0.479 e. The molecule has 1 aliphatic carbocycles. The number of carbonyl (C=O) groups is 2. The van der Waals surface area contributed by atoms with E-state index in [0.717, 1.165) is 12.8 Å². The molecule has 23 heavy (non-hydrogen) atoms.